The molecule has 0 aliphatic heterocycles. The summed E-state index contributed by atoms with van der Waals surface area (Å²) in [6.07, 6.45) is 0. The molecule has 0 spiro atoms. The minimum atomic E-state index is -4.01. The van der Waals surface area contributed by atoms with E-state index in [0.717, 1.165) is 0 Å². The van der Waals surface area contributed by atoms with Crippen LogP contribution in [0.3, 0.4) is 0 Å². The molecular formula is I6O18TlV. The monoisotopic (exact) mass is 1310 g/mol. The predicted octanol–water partition coefficient (Wildman–Crippen LogP) is -39.8. The second-order valence-corrected chi connectivity index (χ2v) is 7.61. The van der Waals surface area contributed by atoms with Crippen LogP contribution in [0, 0.1) is 0 Å². The third-order valence-corrected chi connectivity index (χ3v) is 0. The van der Waals surface area contributed by atoms with E-state index in [1.165, 1.54) is 0 Å². The van der Waals surface area contributed by atoms with Crippen LogP contribution in [0.15, 0.2) is 0 Å². The van der Waals surface area contributed by atoms with Crippen molar-refractivity contribution in [2.75, 3.05) is 0 Å². The quantitative estimate of drug-likeness (QED) is 0.161. The second-order valence-electron chi connectivity index (χ2n) is 1.13. The summed E-state index contributed by atoms with van der Waals surface area (Å²) in [5, 5.41) is 0. The Kier molecular flexibility index (Phi) is 97.2. The molecule has 0 fully saturated rings. The Bertz CT molecular complexity index is 107. The zero-order chi connectivity index (χ0) is 21.5. The maximum Gasteiger partial charge on any atom is 5.00 e. The minimum absolute atomic E-state index is 0. The first-order valence-corrected chi connectivity index (χ1v) is 18.6. The van der Waals surface area contributed by atoms with Gasteiger partial charge in [-0.1, -0.05) is 0 Å². The number of halogens is 6. The first-order valence-electron chi connectivity index (χ1n) is 2.78. The van der Waals surface area contributed by atoms with E-state index in [0.29, 0.717) is 0 Å². The van der Waals surface area contributed by atoms with Gasteiger partial charge in [-0.25, -0.2) is 0 Å². The minimum Gasteiger partial charge on any atom is -0.427 e. The molecule has 0 bridgehead atoms. The molecule has 18 nitrogen and oxygen atoms in total. The molecule has 0 radical (unpaired) electrons. The molecule has 0 rings (SSSR count). The molecule has 0 aromatic heterocycles. The summed E-state index contributed by atoms with van der Waals surface area (Å²) in [5.41, 5.74) is 0. The van der Waals surface area contributed by atoms with Crippen LogP contribution >= 0.6 is 0 Å². The zero-order valence-electron chi connectivity index (χ0n) is 10.6. The Morgan fingerprint density at radius 1 is 0.231 bits per heavy atom. The van der Waals surface area contributed by atoms with Crippen molar-refractivity contribution >= 4 is 27.3 Å². The van der Waals surface area contributed by atoms with Gasteiger partial charge in [0.15, 0.2) is 0 Å². The fourth-order valence-corrected chi connectivity index (χ4v) is 0. The molecule has 0 unspecified atom stereocenters. The van der Waals surface area contributed by atoms with Crippen LogP contribution < -0.4 is 188 Å². The summed E-state index contributed by atoms with van der Waals surface area (Å²) in [6, 6.07) is 0. The van der Waals surface area contributed by atoms with Crippen molar-refractivity contribution in [3.05, 3.63) is 0 Å². The average Bonchev–Trinajstić information content (AvgIpc) is 2.08. The van der Waals surface area contributed by atoms with E-state index in [4.69, 9.17) is 61.8 Å². The normalized spacial score (nSPS) is 8.31. The molecule has 26 heavy (non-hydrogen) atoms. The van der Waals surface area contributed by atoms with Crippen LogP contribution in [-0.4, -0.2) is 27.3 Å². The van der Waals surface area contributed by atoms with Gasteiger partial charge in [-0.05, 0) is 0 Å². The van der Waals surface area contributed by atoms with Gasteiger partial charge in [-0.3, -0.25) is 0 Å². The van der Waals surface area contributed by atoms with Crippen molar-refractivity contribution in [3.8, 4) is 0 Å². The van der Waals surface area contributed by atoms with Gasteiger partial charge in [0, 0.05) is 0 Å². The molecule has 158 valence electrons. The van der Waals surface area contributed by atoms with Crippen molar-refractivity contribution in [1.82, 2.24) is 0 Å². The molecule has 0 aromatic carbocycles. The Balaban J connectivity index is -0.0000000245. The van der Waals surface area contributed by atoms with Gasteiger partial charge in [0.1, 0.15) is 0 Å². The first kappa shape index (κ1) is 52.8. The van der Waals surface area contributed by atoms with E-state index in [9.17, 15) is 0 Å². The second kappa shape index (κ2) is 47.8. The number of rotatable bonds is 0. The van der Waals surface area contributed by atoms with E-state index in [1.807, 2.05) is 0 Å². The topological polar surface area (TPSA) is 415 Å². The third-order valence-electron chi connectivity index (χ3n) is 0. The molecule has 0 N–H and O–H groups in total. The largest absolute Gasteiger partial charge is 5.00 e. The van der Waals surface area contributed by atoms with E-state index in [1.54, 1.807) is 0 Å². The summed E-state index contributed by atoms with van der Waals surface area (Å²) in [5.74, 6) is 0. The Labute approximate surface area is 229 Å². The third kappa shape index (κ3) is 867. The van der Waals surface area contributed by atoms with Crippen LogP contribution in [0.5, 0.6) is 0 Å². The maximum absolute atomic E-state index is 8.57. The number of hydrogen-bond donors (Lipinski definition) is 0. The fraction of sp³-hybridized carbons (Fsp3) is 0. The average molecular weight is 1300 g/mol. The molecule has 0 heterocycles. The molecule has 26 heteroatoms. The van der Waals surface area contributed by atoms with Crippen LogP contribution in [-0.2, 0) is 18.6 Å². The first-order chi connectivity index (χ1) is 10.4. The summed E-state index contributed by atoms with van der Waals surface area (Å²) < 4.78 is 154. The molecule has 0 aliphatic carbocycles. The van der Waals surface area contributed by atoms with E-state index >= 15 is 0 Å². The smallest absolute Gasteiger partial charge is 0.427 e. The van der Waals surface area contributed by atoms with Crippen molar-refractivity contribution in [2.45, 2.75) is 0 Å². The molecule has 0 saturated heterocycles. The molecule has 0 aliphatic rings. The van der Waals surface area contributed by atoms with Crippen LogP contribution in [0.2, 0.25) is 0 Å². The van der Waals surface area contributed by atoms with Crippen LogP contribution in [0.1, 0.15) is 0 Å². The van der Waals surface area contributed by atoms with Crippen molar-refractivity contribution in [1.29, 1.82) is 0 Å². The fourth-order valence-electron chi connectivity index (χ4n) is 0. The molecule has 0 atom stereocenters. The maximum atomic E-state index is 8.57. The van der Waals surface area contributed by atoms with Gasteiger partial charge in [-0.2, -0.15) is 0 Å². The van der Waals surface area contributed by atoms with Gasteiger partial charge in [0.2, 0.25) is 0 Å². The Morgan fingerprint density at radius 2 is 0.231 bits per heavy atom. The Hall–Kier alpha value is 5.17. The van der Waals surface area contributed by atoms with Gasteiger partial charge >= 0.3 is 45.9 Å². The van der Waals surface area contributed by atoms with Crippen molar-refractivity contribution in [2.24, 2.45) is 0 Å². The SMILES string of the molecule is [O-][I+2]([O-])[O-].[O-][I+2]([O-])[O-].[O-][I+2]([O-])[O-].[O-][I+2]([O-])[O-].[O-][I+2]([O-])[O-].[O-][I+2]([O-])[O-].[Tl+].[V+5]. The summed E-state index contributed by atoms with van der Waals surface area (Å²) in [6.45, 7) is 0. The van der Waals surface area contributed by atoms with E-state index in [2.05, 4.69) is 0 Å². The Morgan fingerprint density at radius 3 is 0.231 bits per heavy atom. The van der Waals surface area contributed by atoms with E-state index < -0.39 is 126 Å². The standard InChI is InChI=1S/6IO3.Tl.V/c6*2-1(3)4;;/q6*-1;+1;+5. The number of hydrogen-bond acceptors (Lipinski definition) is 18. The van der Waals surface area contributed by atoms with Crippen LogP contribution in [0.25, 0.3) is 0 Å². The van der Waals surface area contributed by atoms with Gasteiger partial charge in [-0.15, -0.1) is 0 Å². The molecule has 0 amide bonds. The van der Waals surface area contributed by atoms with Crippen LogP contribution in [0.4, 0.5) is 0 Å². The summed E-state index contributed by atoms with van der Waals surface area (Å²) in [4.78, 5) is 0. The molecular weight excluding hydrogens is 1300 g/mol. The summed E-state index contributed by atoms with van der Waals surface area (Å²) >= 11 is -24.1. The van der Waals surface area contributed by atoms with Gasteiger partial charge in [0.05, 0.1) is 0 Å². The van der Waals surface area contributed by atoms with Crippen molar-refractivity contribution in [3.63, 3.8) is 0 Å². The predicted molar refractivity (Wildman–Crippen MR) is 5.75 cm³/mol. The molecule has 0 saturated carbocycles. The van der Waals surface area contributed by atoms with Crippen molar-refractivity contribution < 1.29 is 207 Å². The summed E-state index contributed by atoms with van der Waals surface area (Å²) in [7, 11) is 0. The van der Waals surface area contributed by atoms with E-state index in [-0.39, 0.29) is 45.9 Å². The molecule has 0 aromatic rings. The van der Waals surface area contributed by atoms with Gasteiger partial charge < -0.3 is 61.8 Å². The van der Waals surface area contributed by atoms with Gasteiger partial charge in [0.25, 0.3) is 126 Å². The zero-order valence-corrected chi connectivity index (χ0v) is 29.5.